The summed E-state index contributed by atoms with van der Waals surface area (Å²) in [7, 11) is 4.91. The second-order valence-corrected chi connectivity index (χ2v) is 6.12. The number of rotatable bonds is 13. The van der Waals surface area contributed by atoms with Crippen molar-refractivity contribution >= 4 is 6.08 Å². The maximum atomic E-state index is 5.38. The number of hydrogen-bond acceptors (Lipinski definition) is 3. The summed E-state index contributed by atoms with van der Waals surface area (Å²) < 4.78 is 16.1. The molecule has 1 aromatic rings. The molecule has 0 unspecified atom stereocenters. The molecule has 0 amide bonds. The lowest BCUT2D eigenvalue weighted by Crippen LogP contribution is -1.95. The smallest absolute Gasteiger partial charge is 0.203 e. The van der Waals surface area contributed by atoms with Crippen LogP contribution in [0.15, 0.2) is 18.2 Å². The van der Waals surface area contributed by atoms with Gasteiger partial charge in [0.15, 0.2) is 11.5 Å². The lowest BCUT2D eigenvalue weighted by molar-refractivity contribution is 0.324. The zero-order chi connectivity index (χ0) is 17.6. The molecule has 0 aliphatic rings. The van der Waals surface area contributed by atoms with Gasteiger partial charge in [0.05, 0.1) is 21.3 Å². The second-order valence-electron chi connectivity index (χ2n) is 6.12. The van der Waals surface area contributed by atoms with Gasteiger partial charge in [0.1, 0.15) is 0 Å². The summed E-state index contributed by atoms with van der Waals surface area (Å²) in [5.74, 6) is 2.03. The highest BCUT2D eigenvalue weighted by atomic mass is 16.5. The summed E-state index contributed by atoms with van der Waals surface area (Å²) in [5.41, 5.74) is 1.07. The van der Waals surface area contributed by atoms with E-state index in [0.29, 0.717) is 17.2 Å². The quantitative estimate of drug-likeness (QED) is 0.399. The van der Waals surface area contributed by atoms with E-state index in [-0.39, 0.29) is 0 Å². The third kappa shape index (κ3) is 7.29. The molecule has 0 N–H and O–H groups in total. The lowest BCUT2D eigenvalue weighted by Gasteiger charge is -2.12. The fourth-order valence-electron chi connectivity index (χ4n) is 2.81. The van der Waals surface area contributed by atoms with Gasteiger partial charge >= 0.3 is 0 Å². The van der Waals surface area contributed by atoms with Gasteiger partial charge in [-0.1, -0.05) is 64.0 Å². The molecule has 24 heavy (non-hydrogen) atoms. The molecular formula is C21H34O3. The van der Waals surface area contributed by atoms with Crippen molar-refractivity contribution in [1.29, 1.82) is 0 Å². The molecule has 0 aliphatic carbocycles. The van der Waals surface area contributed by atoms with Gasteiger partial charge in [-0.2, -0.15) is 0 Å². The standard InChI is InChI=1S/C21H34O3/c1-5-6-7-8-9-10-11-12-13-14-15-18-16-19(22-2)21(24-4)20(17-18)23-3/h14-17H,5-13H2,1-4H3/b15-14+. The molecule has 136 valence electrons. The lowest BCUT2D eigenvalue weighted by atomic mass is 10.1. The summed E-state index contributed by atoms with van der Waals surface area (Å²) in [6.45, 7) is 2.26. The molecule has 3 heteroatoms. The first-order chi connectivity index (χ1) is 11.8. The maximum Gasteiger partial charge on any atom is 0.203 e. The largest absolute Gasteiger partial charge is 0.493 e. The first kappa shape index (κ1) is 20.4. The Labute approximate surface area is 148 Å². The molecule has 0 radical (unpaired) electrons. The van der Waals surface area contributed by atoms with Crippen LogP contribution in [0.3, 0.4) is 0 Å². The van der Waals surface area contributed by atoms with Gasteiger partial charge in [-0.15, -0.1) is 0 Å². The van der Waals surface area contributed by atoms with Crippen LogP contribution in [0.4, 0.5) is 0 Å². The summed E-state index contributed by atoms with van der Waals surface area (Å²) in [4.78, 5) is 0. The predicted octanol–water partition coefficient (Wildman–Crippen LogP) is 6.26. The first-order valence-corrected chi connectivity index (χ1v) is 9.23. The zero-order valence-corrected chi connectivity index (χ0v) is 15.9. The Balaban J connectivity index is 2.37. The van der Waals surface area contributed by atoms with E-state index in [1.54, 1.807) is 21.3 Å². The maximum absolute atomic E-state index is 5.38. The molecule has 0 bridgehead atoms. The Morgan fingerprint density at radius 1 is 0.750 bits per heavy atom. The number of ether oxygens (including phenoxy) is 3. The van der Waals surface area contributed by atoms with Gasteiger partial charge in [0, 0.05) is 0 Å². The van der Waals surface area contributed by atoms with Gasteiger partial charge in [0.2, 0.25) is 5.75 Å². The normalized spacial score (nSPS) is 11.0. The Bertz CT molecular complexity index is 455. The van der Waals surface area contributed by atoms with E-state index in [4.69, 9.17) is 14.2 Å². The molecule has 0 aromatic heterocycles. The van der Waals surface area contributed by atoms with Crippen LogP contribution in [0.5, 0.6) is 17.2 Å². The van der Waals surface area contributed by atoms with E-state index in [1.807, 2.05) is 12.1 Å². The molecule has 0 aliphatic heterocycles. The topological polar surface area (TPSA) is 27.7 Å². The number of unbranched alkanes of at least 4 members (excludes halogenated alkanes) is 8. The van der Waals surface area contributed by atoms with E-state index in [0.717, 1.165) is 12.0 Å². The molecule has 3 nitrogen and oxygen atoms in total. The van der Waals surface area contributed by atoms with Crippen LogP contribution in [-0.4, -0.2) is 21.3 Å². The average molecular weight is 335 g/mol. The third-order valence-electron chi connectivity index (χ3n) is 4.22. The van der Waals surface area contributed by atoms with Gasteiger partial charge in [-0.3, -0.25) is 0 Å². The van der Waals surface area contributed by atoms with Crippen molar-refractivity contribution in [3.05, 3.63) is 23.8 Å². The van der Waals surface area contributed by atoms with Crippen LogP contribution >= 0.6 is 0 Å². The molecule has 0 saturated heterocycles. The van der Waals surface area contributed by atoms with Crippen LogP contribution in [0.25, 0.3) is 6.08 Å². The Morgan fingerprint density at radius 3 is 1.79 bits per heavy atom. The molecule has 1 rings (SSSR count). The van der Waals surface area contributed by atoms with E-state index in [9.17, 15) is 0 Å². The highest BCUT2D eigenvalue weighted by Gasteiger charge is 2.11. The zero-order valence-electron chi connectivity index (χ0n) is 15.9. The number of benzene rings is 1. The van der Waals surface area contributed by atoms with Crippen molar-refractivity contribution in [3.8, 4) is 17.2 Å². The second kappa shape index (κ2) is 12.7. The molecular weight excluding hydrogens is 300 g/mol. The van der Waals surface area contributed by atoms with Crippen molar-refractivity contribution in [3.63, 3.8) is 0 Å². The van der Waals surface area contributed by atoms with Gasteiger partial charge in [-0.25, -0.2) is 0 Å². The Morgan fingerprint density at radius 2 is 1.29 bits per heavy atom. The van der Waals surface area contributed by atoms with E-state index < -0.39 is 0 Å². The molecule has 0 fully saturated rings. The summed E-state index contributed by atoms with van der Waals surface area (Å²) in [6, 6.07) is 3.96. The first-order valence-electron chi connectivity index (χ1n) is 9.23. The molecule has 0 saturated carbocycles. The molecule has 1 aromatic carbocycles. The van der Waals surface area contributed by atoms with Crippen LogP contribution in [0.2, 0.25) is 0 Å². The SMILES string of the molecule is CCCCCCCCCC/C=C/c1cc(OC)c(OC)c(OC)c1. The summed E-state index contributed by atoms with van der Waals surface area (Å²) >= 11 is 0. The van der Waals surface area contributed by atoms with Crippen LogP contribution in [0.1, 0.15) is 70.3 Å². The third-order valence-corrected chi connectivity index (χ3v) is 4.22. The van der Waals surface area contributed by atoms with Crippen LogP contribution in [-0.2, 0) is 0 Å². The number of methoxy groups -OCH3 is 3. The Kier molecular flexibility index (Phi) is 10.8. The van der Waals surface area contributed by atoms with Crippen molar-refractivity contribution < 1.29 is 14.2 Å². The van der Waals surface area contributed by atoms with Crippen LogP contribution < -0.4 is 14.2 Å². The van der Waals surface area contributed by atoms with Gasteiger partial charge < -0.3 is 14.2 Å². The van der Waals surface area contributed by atoms with Gasteiger partial charge in [0.25, 0.3) is 0 Å². The highest BCUT2D eigenvalue weighted by Crippen LogP contribution is 2.38. The Hall–Kier alpha value is -1.64. The number of hydrogen-bond donors (Lipinski definition) is 0. The average Bonchev–Trinajstić information content (AvgIpc) is 2.62. The van der Waals surface area contributed by atoms with Crippen molar-refractivity contribution in [2.75, 3.05) is 21.3 Å². The van der Waals surface area contributed by atoms with Crippen molar-refractivity contribution in [1.82, 2.24) is 0 Å². The molecule has 0 spiro atoms. The number of allylic oxidation sites excluding steroid dienone is 1. The van der Waals surface area contributed by atoms with Crippen molar-refractivity contribution in [2.45, 2.75) is 64.7 Å². The van der Waals surface area contributed by atoms with Gasteiger partial charge in [-0.05, 0) is 30.5 Å². The minimum atomic E-state index is 0.639. The van der Waals surface area contributed by atoms with E-state index in [2.05, 4.69) is 19.1 Å². The fraction of sp³-hybridized carbons (Fsp3) is 0.619. The summed E-state index contributed by atoms with van der Waals surface area (Å²) in [6.07, 6.45) is 16.3. The van der Waals surface area contributed by atoms with E-state index >= 15 is 0 Å². The van der Waals surface area contributed by atoms with Crippen LogP contribution in [0, 0.1) is 0 Å². The highest BCUT2D eigenvalue weighted by molar-refractivity contribution is 5.62. The van der Waals surface area contributed by atoms with E-state index in [1.165, 1.54) is 51.4 Å². The minimum Gasteiger partial charge on any atom is -0.493 e. The monoisotopic (exact) mass is 334 g/mol. The predicted molar refractivity (Wildman–Crippen MR) is 102 cm³/mol. The summed E-state index contributed by atoms with van der Waals surface area (Å²) in [5, 5.41) is 0. The molecule has 0 heterocycles. The fourth-order valence-corrected chi connectivity index (χ4v) is 2.81. The molecule has 0 atom stereocenters. The van der Waals surface area contributed by atoms with Crippen molar-refractivity contribution in [2.24, 2.45) is 0 Å². The minimum absolute atomic E-state index is 0.639.